The summed E-state index contributed by atoms with van der Waals surface area (Å²) < 4.78 is 12.4. The van der Waals surface area contributed by atoms with Crippen LogP contribution in [-0.4, -0.2) is 61.8 Å². The molecule has 4 aromatic rings. The molecule has 2 heterocycles. The zero-order valence-electron chi connectivity index (χ0n) is 19.7. The van der Waals surface area contributed by atoms with E-state index in [0.29, 0.717) is 22.4 Å². The van der Waals surface area contributed by atoms with Crippen molar-refractivity contribution in [3.63, 3.8) is 0 Å². The van der Waals surface area contributed by atoms with Crippen LogP contribution in [0.25, 0.3) is 21.0 Å². The van der Waals surface area contributed by atoms with Crippen molar-refractivity contribution in [2.75, 3.05) is 50.9 Å². The lowest BCUT2D eigenvalue weighted by atomic mass is 10.1. The Bertz CT molecular complexity index is 1340. The van der Waals surface area contributed by atoms with E-state index in [0.717, 1.165) is 65.8 Å². The number of carbonyl (C=O) groups excluding carboxylic acids is 1. The zero-order valence-corrected chi connectivity index (χ0v) is 21.3. The van der Waals surface area contributed by atoms with Crippen LogP contribution in [0, 0.1) is 6.92 Å². The second kappa shape index (κ2) is 10.9. The van der Waals surface area contributed by atoms with Crippen molar-refractivity contribution >= 4 is 55.0 Å². The lowest BCUT2D eigenvalue weighted by molar-refractivity contribution is -0.120. The minimum absolute atomic E-state index is 0.0500. The number of nitrogens with zero attached hydrogens (tertiary/aromatic N) is 3. The number of hydrogen-bond acceptors (Lipinski definition) is 6. The molecule has 1 saturated heterocycles. The number of thiazole rings is 1. The summed E-state index contributed by atoms with van der Waals surface area (Å²) in [5.41, 5.74) is 1.78. The van der Waals surface area contributed by atoms with Crippen LogP contribution in [-0.2, 0) is 9.53 Å². The number of morpholine rings is 1. The fraction of sp³-hybridized carbons (Fsp3) is 0.333. The predicted octanol–water partition coefficient (Wildman–Crippen LogP) is 5.55. The molecular formula is C27H28ClN3O3S. The van der Waals surface area contributed by atoms with Gasteiger partial charge in [-0.2, -0.15) is 0 Å². The van der Waals surface area contributed by atoms with E-state index in [9.17, 15) is 4.79 Å². The summed E-state index contributed by atoms with van der Waals surface area (Å²) in [7, 11) is 0. The Morgan fingerprint density at radius 1 is 1.14 bits per heavy atom. The van der Waals surface area contributed by atoms with E-state index in [-0.39, 0.29) is 12.5 Å². The first kappa shape index (κ1) is 24.0. The zero-order chi connectivity index (χ0) is 24.2. The molecule has 1 aliphatic rings. The number of halogens is 1. The fourth-order valence-corrected chi connectivity index (χ4v) is 5.51. The maximum atomic E-state index is 13.4. The van der Waals surface area contributed by atoms with E-state index in [2.05, 4.69) is 11.0 Å². The number of benzene rings is 3. The third-order valence-corrected chi connectivity index (χ3v) is 7.76. The molecule has 1 aliphatic heterocycles. The third-order valence-electron chi connectivity index (χ3n) is 6.31. The average molecular weight is 510 g/mol. The van der Waals surface area contributed by atoms with Crippen LogP contribution in [0.4, 0.5) is 5.13 Å². The number of hydrogen-bond donors (Lipinski definition) is 0. The molecule has 0 radical (unpaired) electrons. The Morgan fingerprint density at radius 2 is 1.94 bits per heavy atom. The highest BCUT2D eigenvalue weighted by atomic mass is 35.5. The van der Waals surface area contributed by atoms with E-state index in [4.69, 9.17) is 26.1 Å². The minimum Gasteiger partial charge on any atom is -0.484 e. The molecule has 3 aromatic carbocycles. The number of aryl methyl sites for hydroxylation is 1. The maximum Gasteiger partial charge on any atom is 0.266 e. The molecule has 0 saturated carbocycles. The molecule has 0 unspecified atom stereocenters. The van der Waals surface area contributed by atoms with Crippen LogP contribution >= 0.6 is 22.9 Å². The molecule has 6 nitrogen and oxygen atoms in total. The van der Waals surface area contributed by atoms with E-state index in [1.807, 2.05) is 55.5 Å². The summed E-state index contributed by atoms with van der Waals surface area (Å²) >= 11 is 7.83. The summed E-state index contributed by atoms with van der Waals surface area (Å²) in [4.78, 5) is 22.3. The van der Waals surface area contributed by atoms with E-state index >= 15 is 0 Å². The molecule has 1 fully saturated rings. The largest absolute Gasteiger partial charge is 0.484 e. The van der Waals surface area contributed by atoms with Crippen LogP contribution < -0.4 is 9.64 Å². The highest BCUT2D eigenvalue weighted by Crippen LogP contribution is 2.34. The fourth-order valence-electron chi connectivity index (χ4n) is 4.29. The molecule has 1 aromatic heterocycles. The van der Waals surface area contributed by atoms with Crippen molar-refractivity contribution in [2.24, 2.45) is 0 Å². The van der Waals surface area contributed by atoms with Gasteiger partial charge in [-0.05, 0) is 53.9 Å². The van der Waals surface area contributed by atoms with Crippen molar-refractivity contribution in [3.05, 3.63) is 65.2 Å². The van der Waals surface area contributed by atoms with Gasteiger partial charge in [0.25, 0.3) is 5.91 Å². The Labute approximate surface area is 214 Å². The van der Waals surface area contributed by atoms with Crippen molar-refractivity contribution in [3.8, 4) is 5.75 Å². The van der Waals surface area contributed by atoms with Gasteiger partial charge in [-0.3, -0.25) is 14.6 Å². The smallest absolute Gasteiger partial charge is 0.266 e. The van der Waals surface area contributed by atoms with Gasteiger partial charge in [0.1, 0.15) is 5.75 Å². The molecule has 1 amide bonds. The van der Waals surface area contributed by atoms with E-state index < -0.39 is 0 Å². The van der Waals surface area contributed by atoms with Crippen LogP contribution in [0.1, 0.15) is 12.0 Å². The normalized spacial score (nSPS) is 14.5. The van der Waals surface area contributed by atoms with Gasteiger partial charge in [-0.15, -0.1) is 0 Å². The lowest BCUT2D eigenvalue weighted by Gasteiger charge is -2.27. The first-order valence-corrected chi connectivity index (χ1v) is 13.1. The van der Waals surface area contributed by atoms with Crippen LogP contribution in [0.5, 0.6) is 5.75 Å². The average Bonchev–Trinajstić information content (AvgIpc) is 3.32. The monoisotopic (exact) mass is 509 g/mol. The van der Waals surface area contributed by atoms with Crippen molar-refractivity contribution < 1.29 is 14.3 Å². The van der Waals surface area contributed by atoms with E-state index in [1.165, 1.54) is 11.3 Å². The Balaban J connectivity index is 1.33. The van der Waals surface area contributed by atoms with Gasteiger partial charge in [0.15, 0.2) is 11.7 Å². The Hall–Kier alpha value is -2.71. The van der Waals surface area contributed by atoms with Crippen molar-refractivity contribution in [1.82, 2.24) is 9.88 Å². The standard InChI is InChI=1S/C27H28ClN3O3S/c1-19-23(28)9-10-24-26(19)29-27(35-24)31(12-4-11-30-13-15-33-16-14-30)25(32)18-34-22-8-7-20-5-2-3-6-21(20)17-22/h2-3,5-10,17H,4,11-16,18H2,1H3. The van der Waals surface area contributed by atoms with Gasteiger partial charge < -0.3 is 9.47 Å². The Kier molecular flexibility index (Phi) is 7.48. The van der Waals surface area contributed by atoms with Crippen LogP contribution in [0.15, 0.2) is 54.6 Å². The topological polar surface area (TPSA) is 54.9 Å². The predicted molar refractivity (Wildman–Crippen MR) is 143 cm³/mol. The summed E-state index contributed by atoms with van der Waals surface area (Å²) in [6, 6.07) is 17.8. The second-order valence-electron chi connectivity index (χ2n) is 8.67. The number of fused-ring (bicyclic) bond motifs is 2. The summed E-state index contributed by atoms with van der Waals surface area (Å²) in [6.45, 7) is 6.78. The molecule has 0 atom stereocenters. The molecule has 0 spiro atoms. The van der Waals surface area contributed by atoms with Gasteiger partial charge in [0, 0.05) is 31.2 Å². The molecule has 0 N–H and O–H groups in total. The number of rotatable bonds is 8. The number of aromatic nitrogens is 1. The van der Waals surface area contributed by atoms with Crippen LogP contribution in [0.2, 0.25) is 5.02 Å². The highest BCUT2D eigenvalue weighted by molar-refractivity contribution is 7.22. The van der Waals surface area contributed by atoms with Gasteiger partial charge in [0.05, 0.1) is 23.4 Å². The molecule has 0 aliphatic carbocycles. The lowest BCUT2D eigenvalue weighted by Crippen LogP contribution is -2.40. The second-order valence-corrected chi connectivity index (χ2v) is 10.1. The van der Waals surface area contributed by atoms with Crippen LogP contribution in [0.3, 0.4) is 0 Å². The summed E-state index contributed by atoms with van der Waals surface area (Å²) in [6.07, 6.45) is 0.845. The molecular weight excluding hydrogens is 482 g/mol. The molecule has 182 valence electrons. The van der Waals surface area contributed by atoms with Crippen molar-refractivity contribution in [1.29, 1.82) is 0 Å². The first-order chi connectivity index (χ1) is 17.1. The van der Waals surface area contributed by atoms with Crippen molar-refractivity contribution in [2.45, 2.75) is 13.3 Å². The van der Waals surface area contributed by atoms with Gasteiger partial charge in [-0.25, -0.2) is 4.98 Å². The highest BCUT2D eigenvalue weighted by Gasteiger charge is 2.22. The number of anilines is 1. The molecule has 5 rings (SSSR count). The van der Waals surface area contributed by atoms with Gasteiger partial charge in [-0.1, -0.05) is 53.3 Å². The number of amides is 1. The third kappa shape index (κ3) is 5.59. The maximum absolute atomic E-state index is 13.4. The molecule has 0 bridgehead atoms. The SMILES string of the molecule is Cc1c(Cl)ccc2sc(N(CCCN3CCOCC3)C(=O)COc3ccc4ccccc4c3)nc12. The number of ether oxygens (including phenoxy) is 2. The quantitative estimate of drug-likeness (QED) is 0.312. The molecule has 35 heavy (non-hydrogen) atoms. The summed E-state index contributed by atoms with van der Waals surface area (Å²) in [5.74, 6) is 0.570. The van der Waals surface area contributed by atoms with Gasteiger partial charge >= 0.3 is 0 Å². The minimum atomic E-state index is -0.108. The van der Waals surface area contributed by atoms with E-state index in [1.54, 1.807) is 4.90 Å². The molecule has 8 heteroatoms. The first-order valence-electron chi connectivity index (χ1n) is 11.9. The number of carbonyl (C=O) groups is 1. The summed E-state index contributed by atoms with van der Waals surface area (Å²) in [5, 5.41) is 3.58. The van der Waals surface area contributed by atoms with Gasteiger partial charge in [0.2, 0.25) is 0 Å². The Morgan fingerprint density at radius 3 is 2.77 bits per heavy atom.